The number of benzene rings is 1. The highest BCUT2D eigenvalue weighted by Gasteiger charge is 2.25. The molecule has 1 aliphatic heterocycles. The fourth-order valence-corrected chi connectivity index (χ4v) is 3.38. The first-order valence-electron chi connectivity index (χ1n) is 9.43. The van der Waals surface area contributed by atoms with Crippen LogP contribution in [0.1, 0.15) is 30.4 Å². The van der Waals surface area contributed by atoms with Crippen LogP contribution in [0.2, 0.25) is 0 Å². The van der Waals surface area contributed by atoms with Crippen molar-refractivity contribution in [3.63, 3.8) is 0 Å². The Hall–Kier alpha value is -2.83. The molecule has 1 aromatic carbocycles. The third kappa shape index (κ3) is 4.67. The molecule has 7 heteroatoms. The second kappa shape index (κ2) is 8.70. The van der Waals surface area contributed by atoms with Crippen molar-refractivity contribution in [2.75, 3.05) is 26.7 Å². The van der Waals surface area contributed by atoms with Crippen molar-refractivity contribution in [3.05, 3.63) is 35.5 Å². The van der Waals surface area contributed by atoms with E-state index in [2.05, 4.69) is 51.9 Å². The summed E-state index contributed by atoms with van der Waals surface area (Å²) in [5.41, 5.74) is 3.66. The van der Waals surface area contributed by atoms with E-state index < -0.39 is 0 Å². The van der Waals surface area contributed by atoms with E-state index in [-0.39, 0.29) is 11.8 Å². The van der Waals surface area contributed by atoms with E-state index in [1.807, 2.05) is 0 Å². The summed E-state index contributed by atoms with van der Waals surface area (Å²) in [5.74, 6) is 0.513. The topological polar surface area (TPSA) is 89.6 Å². The van der Waals surface area contributed by atoms with Gasteiger partial charge in [-0.05, 0) is 37.0 Å². The van der Waals surface area contributed by atoms with Crippen molar-refractivity contribution >= 4 is 28.7 Å². The average Bonchev–Trinajstić information content (AvgIpc) is 3.04. The molecule has 2 heterocycles. The summed E-state index contributed by atoms with van der Waals surface area (Å²) in [4.78, 5) is 32.5. The molecule has 0 radical (unpaired) electrons. The van der Waals surface area contributed by atoms with Crippen LogP contribution < -0.4 is 10.6 Å². The number of aryl methyl sites for hydroxylation is 1. The minimum atomic E-state index is -0.0782. The maximum atomic E-state index is 11.8. The lowest BCUT2D eigenvalue weighted by atomic mass is 10.1. The molecule has 3 rings (SSSR count). The van der Waals surface area contributed by atoms with Crippen LogP contribution in [0.3, 0.4) is 0 Å². The first-order chi connectivity index (χ1) is 13.1. The first kappa shape index (κ1) is 18.9. The number of nitrogens with zero attached hydrogens (tertiary/aromatic N) is 2. The first-order valence-corrected chi connectivity index (χ1v) is 9.43. The molecule has 1 aliphatic rings. The number of rotatable bonds is 6. The zero-order valence-electron chi connectivity index (χ0n) is 16.0. The molecule has 144 valence electrons. The van der Waals surface area contributed by atoms with E-state index in [4.69, 9.17) is 0 Å². The summed E-state index contributed by atoms with van der Waals surface area (Å²) in [6, 6.07) is 6.42. The van der Waals surface area contributed by atoms with Crippen LogP contribution in [0, 0.1) is 6.92 Å². The van der Waals surface area contributed by atoms with Crippen LogP contribution in [0.25, 0.3) is 10.9 Å². The second-order valence-electron chi connectivity index (χ2n) is 6.83. The fourth-order valence-electron chi connectivity index (χ4n) is 3.38. The Bertz CT molecular complexity index is 839. The number of aromatic amines is 1. The van der Waals surface area contributed by atoms with E-state index in [1.165, 1.54) is 21.4 Å². The maximum absolute atomic E-state index is 11.8. The van der Waals surface area contributed by atoms with Gasteiger partial charge >= 0.3 is 0 Å². The number of imide groups is 1. The normalized spacial score (nSPS) is 15.5. The second-order valence-corrected chi connectivity index (χ2v) is 6.83. The third-order valence-corrected chi connectivity index (χ3v) is 4.84. The molecular weight excluding hydrogens is 342 g/mol. The van der Waals surface area contributed by atoms with Crippen LogP contribution >= 0.6 is 0 Å². The van der Waals surface area contributed by atoms with Crippen molar-refractivity contribution < 1.29 is 9.59 Å². The Labute approximate surface area is 159 Å². The van der Waals surface area contributed by atoms with Gasteiger partial charge < -0.3 is 15.6 Å². The Kier molecular flexibility index (Phi) is 6.11. The van der Waals surface area contributed by atoms with Crippen molar-refractivity contribution in [2.45, 2.75) is 32.6 Å². The largest absolute Gasteiger partial charge is 0.361 e. The highest BCUT2D eigenvalue weighted by atomic mass is 16.2. The van der Waals surface area contributed by atoms with Gasteiger partial charge in [0.15, 0.2) is 5.96 Å². The van der Waals surface area contributed by atoms with Crippen LogP contribution in [0.4, 0.5) is 0 Å². The van der Waals surface area contributed by atoms with E-state index in [1.54, 1.807) is 7.05 Å². The number of hydrogen-bond donors (Lipinski definition) is 3. The summed E-state index contributed by atoms with van der Waals surface area (Å²) in [6.45, 7) is 3.69. The van der Waals surface area contributed by atoms with Crippen LogP contribution in [0.15, 0.2) is 29.4 Å². The summed E-state index contributed by atoms with van der Waals surface area (Å²) in [6.07, 6.45) is 4.51. The number of amides is 2. The molecule has 0 bridgehead atoms. The molecule has 27 heavy (non-hydrogen) atoms. The maximum Gasteiger partial charge on any atom is 0.229 e. The molecule has 0 atom stereocenters. The minimum absolute atomic E-state index is 0.0782. The van der Waals surface area contributed by atoms with Crippen LogP contribution in [-0.4, -0.2) is 54.3 Å². The van der Waals surface area contributed by atoms with Gasteiger partial charge in [-0.2, -0.15) is 0 Å². The summed E-state index contributed by atoms with van der Waals surface area (Å²) >= 11 is 0. The average molecular weight is 369 g/mol. The Morgan fingerprint density at radius 2 is 1.93 bits per heavy atom. The van der Waals surface area contributed by atoms with Gasteiger partial charge in [-0.25, -0.2) is 0 Å². The zero-order chi connectivity index (χ0) is 19.2. The van der Waals surface area contributed by atoms with Crippen molar-refractivity contribution in [1.82, 2.24) is 20.5 Å². The van der Waals surface area contributed by atoms with Crippen LogP contribution in [-0.2, 0) is 16.0 Å². The zero-order valence-corrected chi connectivity index (χ0v) is 16.0. The molecule has 1 fully saturated rings. The molecular formula is C20H27N5O2. The lowest BCUT2D eigenvalue weighted by Crippen LogP contribution is -2.46. The number of piperidine rings is 1. The molecule has 2 aromatic rings. The number of aromatic nitrogens is 1. The number of carbonyl (C=O) groups is 2. The van der Waals surface area contributed by atoms with Gasteiger partial charge in [-0.3, -0.25) is 19.5 Å². The number of aliphatic imine (C=N–C) groups is 1. The quantitative estimate of drug-likeness (QED) is 0.411. The lowest BCUT2D eigenvalue weighted by Gasteiger charge is -2.25. The number of fused-ring (bicyclic) bond motifs is 1. The van der Waals surface area contributed by atoms with Gasteiger partial charge in [-0.1, -0.05) is 12.1 Å². The predicted octanol–water partition coefficient (Wildman–Crippen LogP) is 1.72. The Morgan fingerprint density at radius 3 is 2.67 bits per heavy atom. The molecule has 0 spiro atoms. The van der Waals surface area contributed by atoms with E-state index >= 15 is 0 Å². The monoisotopic (exact) mass is 369 g/mol. The van der Waals surface area contributed by atoms with Crippen LogP contribution in [0.5, 0.6) is 0 Å². The number of H-pyrrole nitrogens is 1. The third-order valence-electron chi connectivity index (χ3n) is 4.84. The van der Waals surface area contributed by atoms with Gasteiger partial charge in [0, 0.05) is 56.6 Å². The van der Waals surface area contributed by atoms with E-state index in [9.17, 15) is 9.59 Å². The fraction of sp³-hybridized carbons (Fsp3) is 0.450. The van der Waals surface area contributed by atoms with Gasteiger partial charge in [0.05, 0.1) is 0 Å². The van der Waals surface area contributed by atoms with E-state index in [0.29, 0.717) is 38.3 Å². The smallest absolute Gasteiger partial charge is 0.229 e. The summed E-state index contributed by atoms with van der Waals surface area (Å²) in [5, 5.41) is 7.69. The number of likely N-dealkylation sites (tertiary alicyclic amines) is 1. The lowest BCUT2D eigenvalue weighted by molar-refractivity contribution is -0.147. The number of guanidine groups is 1. The highest BCUT2D eigenvalue weighted by Crippen LogP contribution is 2.19. The summed E-state index contributed by atoms with van der Waals surface area (Å²) in [7, 11) is 1.71. The standard InChI is InChI=1S/C20H27N5O2/c1-14-6-7-16-15(13-24-17(16)12-14)8-9-22-20(21-2)23-10-11-25-18(26)4-3-5-19(25)27/h6-7,12-13,24H,3-5,8-11H2,1-2H3,(H2,21,22,23). The Morgan fingerprint density at radius 1 is 1.19 bits per heavy atom. The number of carbonyl (C=O) groups excluding carboxylic acids is 2. The summed E-state index contributed by atoms with van der Waals surface area (Å²) < 4.78 is 0. The number of nitrogens with one attached hydrogen (secondary N) is 3. The van der Waals surface area contributed by atoms with Crippen molar-refractivity contribution in [1.29, 1.82) is 0 Å². The van der Waals surface area contributed by atoms with Gasteiger partial charge in [0.1, 0.15) is 0 Å². The molecule has 1 saturated heterocycles. The Balaban J connectivity index is 1.45. The predicted molar refractivity (Wildman–Crippen MR) is 107 cm³/mol. The van der Waals surface area contributed by atoms with Crippen molar-refractivity contribution in [2.24, 2.45) is 4.99 Å². The molecule has 0 saturated carbocycles. The van der Waals surface area contributed by atoms with Gasteiger partial charge in [0.25, 0.3) is 0 Å². The van der Waals surface area contributed by atoms with E-state index in [0.717, 1.165) is 18.5 Å². The molecule has 0 aliphatic carbocycles. The van der Waals surface area contributed by atoms with Crippen molar-refractivity contribution in [3.8, 4) is 0 Å². The molecule has 7 nitrogen and oxygen atoms in total. The highest BCUT2D eigenvalue weighted by molar-refractivity contribution is 5.97. The van der Waals surface area contributed by atoms with Gasteiger partial charge in [0.2, 0.25) is 11.8 Å². The molecule has 2 amide bonds. The molecule has 0 unspecified atom stereocenters. The minimum Gasteiger partial charge on any atom is -0.361 e. The number of hydrogen-bond acceptors (Lipinski definition) is 3. The SMILES string of the molecule is CN=C(NCCc1c[nH]c2cc(C)ccc12)NCCN1C(=O)CCCC1=O. The molecule has 1 aromatic heterocycles. The van der Waals surface area contributed by atoms with Gasteiger partial charge in [-0.15, -0.1) is 0 Å². The molecule has 3 N–H and O–H groups in total.